The quantitative estimate of drug-likeness (QED) is 0.0283. The number of amides is 1. The summed E-state index contributed by atoms with van der Waals surface area (Å²) in [5.41, 5.74) is 1.93. The Morgan fingerprint density at radius 3 is 2.30 bits per heavy atom. The van der Waals surface area contributed by atoms with E-state index in [0.717, 1.165) is 99.8 Å². The standard InChI is InChI=1S/C46H75N5O5Si/c1-7-57(8-2,9-3)56-42-27-29-51(35-42)45-47-28-26-44(48-45)39(6)20-18-19-37(4)43(36-53)38(5)24-25-41(23-16-12-13-17-34-52)55-46(54)50-32-30-49(31-33-50)40-21-14-10-11-15-22-40/h18-20,24-26,28,34,36,38-43H,7-17,21-23,27,29-33,35H2,1-6H3/b20-18+,25-24+,37-19+/t38-,39?,41+,42-,43+/m0/s1. The van der Waals surface area contributed by atoms with Crippen molar-refractivity contribution < 1.29 is 23.5 Å². The van der Waals surface area contributed by atoms with Gasteiger partial charge in [-0.2, -0.15) is 0 Å². The zero-order valence-electron chi connectivity index (χ0n) is 36.3. The summed E-state index contributed by atoms with van der Waals surface area (Å²) >= 11 is 0. The molecule has 1 unspecified atom stereocenters. The van der Waals surface area contributed by atoms with Crippen LogP contribution < -0.4 is 4.90 Å². The fraction of sp³-hybridized carbons (Fsp3) is 0.717. The first kappa shape index (κ1) is 46.5. The molecule has 3 heterocycles. The molecule has 1 amide bonds. The molecule has 5 atom stereocenters. The number of carbonyl (C=O) groups is 3. The molecule has 1 saturated carbocycles. The molecule has 1 aromatic heterocycles. The highest BCUT2D eigenvalue weighted by molar-refractivity contribution is 6.73. The van der Waals surface area contributed by atoms with Crippen molar-refractivity contribution in [1.29, 1.82) is 0 Å². The smallest absolute Gasteiger partial charge is 0.410 e. The molecule has 57 heavy (non-hydrogen) atoms. The van der Waals surface area contributed by atoms with Crippen LogP contribution in [0.25, 0.3) is 0 Å². The molecular formula is C46H75N5O5Si. The third-order valence-corrected chi connectivity index (χ3v) is 17.7. The Bertz CT molecular complexity index is 1440. The molecule has 3 aliphatic rings. The molecule has 2 aliphatic heterocycles. The van der Waals surface area contributed by atoms with Crippen LogP contribution in [0.15, 0.2) is 48.2 Å². The summed E-state index contributed by atoms with van der Waals surface area (Å²) in [5.74, 6) is 0.440. The van der Waals surface area contributed by atoms with Gasteiger partial charge in [-0.1, -0.05) is 96.6 Å². The number of aromatic nitrogens is 2. The molecule has 3 fully saturated rings. The normalized spacial score (nSPS) is 21.4. The van der Waals surface area contributed by atoms with Crippen molar-refractivity contribution >= 4 is 32.9 Å². The summed E-state index contributed by atoms with van der Waals surface area (Å²) in [6.45, 7) is 17.9. The maximum atomic E-state index is 13.4. The van der Waals surface area contributed by atoms with Crippen LogP contribution in [0.2, 0.25) is 18.1 Å². The third kappa shape index (κ3) is 14.6. The number of hydrogen-bond acceptors (Lipinski definition) is 9. The number of anilines is 1. The van der Waals surface area contributed by atoms with Crippen molar-refractivity contribution in [2.75, 3.05) is 44.2 Å². The van der Waals surface area contributed by atoms with Gasteiger partial charge >= 0.3 is 6.09 Å². The molecule has 2 saturated heterocycles. The van der Waals surface area contributed by atoms with Crippen LogP contribution >= 0.6 is 0 Å². The summed E-state index contributed by atoms with van der Waals surface area (Å²) in [6.07, 6.45) is 26.3. The Balaban J connectivity index is 1.32. The minimum Gasteiger partial charge on any atom is -0.442 e. The molecule has 1 aromatic rings. The van der Waals surface area contributed by atoms with E-state index >= 15 is 0 Å². The number of ether oxygens (including phenoxy) is 1. The number of aldehydes is 2. The van der Waals surface area contributed by atoms with E-state index < -0.39 is 8.32 Å². The second-order valence-corrected chi connectivity index (χ2v) is 21.6. The average molecular weight is 806 g/mol. The second kappa shape index (κ2) is 24.7. The number of allylic oxidation sites excluding steroid dienone is 5. The molecule has 0 bridgehead atoms. The van der Waals surface area contributed by atoms with E-state index in [2.05, 4.69) is 48.6 Å². The van der Waals surface area contributed by atoms with Crippen LogP contribution in [0.3, 0.4) is 0 Å². The Kier molecular flexibility index (Phi) is 20.2. The lowest BCUT2D eigenvalue weighted by molar-refractivity contribution is -0.111. The summed E-state index contributed by atoms with van der Waals surface area (Å²) < 4.78 is 12.9. The molecule has 11 heteroatoms. The van der Waals surface area contributed by atoms with Crippen molar-refractivity contribution in [2.45, 2.75) is 161 Å². The minimum absolute atomic E-state index is 0.0690. The van der Waals surface area contributed by atoms with Crippen LogP contribution in [0.5, 0.6) is 0 Å². The van der Waals surface area contributed by atoms with Gasteiger partial charge in [0.2, 0.25) is 5.95 Å². The SMILES string of the molecule is CC[Si](CC)(CC)O[C@H]1CCN(c2nccc(C(C)/C=C/C=C(\C)[C@@H](C=O)[C@@H](C)/C=C/[C@@H](CCCCCC=O)OC(=O)N3CCN(C4CCCCCC4)CC3)n2)C1. The Hall–Kier alpha value is -3.15. The molecule has 318 valence electrons. The number of rotatable bonds is 22. The molecule has 0 spiro atoms. The predicted octanol–water partition coefficient (Wildman–Crippen LogP) is 9.69. The largest absolute Gasteiger partial charge is 0.442 e. The first-order valence-electron chi connectivity index (χ1n) is 22.5. The Morgan fingerprint density at radius 2 is 1.63 bits per heavy atom. The van der Waals surface area contributed by atoms with Crippen molar-refractivity contribution in [2.24, 2.45) is 11.8 Å². The fourth-order valence-corrected chi connectivity index (χ4v) is 11.7. The summed E-state index contributed by atoms with van der Waals surface area (Å²) in [5, 5.41) is 0. The average Bonchev–Trinajstić information content (AvgIpc) is 3.53. The lowest BCUT2D eigenvalue weighted by Gasteiger charge is -2.39. The minimum atomic E-state index is -1.66. The van der Waals surface area contributed by atoms with E-state index in [9.17, 15) is 14.4 Å². The number of hydrogen-bond donors (Lipinski definition) is 0. The topological polar surface area (TPSA) is 105 Å². The van der Waals surface area contributed by atoms with E-state index in [4.69, 9.17) is 14.1 Å². The number of nitrogens with zero attached hydrogens (tertiary/aromatic N) is 5. The first-order valence-corrected chi connectivity index (χ1v) is 25.1. The van der Waals surface area contributed by atoms with E-state index in [1.807, 2.05) is 55.3 Å². The highest BCUT2D eigenvalue weighted by Gasteiger charge is 2.35. The fourth-order valence-electron chi connectivity index (χ4n) is 8.82. The van der Waals surface area contributed by atoms with Crippen molar-refractivity contribution in [1.82, 2.24) is 19.8 Å². The van der Waals surface area contributed by atoms with Gasteiger partial charge in [-0.15, -0.1) is 0 Å². The van der Waals surface area contributed by atoms with Gasteiger partial charge in [-0.05, 0) is 81.6 Å². The van der Waals surface area contributed by atoms with Crippen LogP contribution in [0, 0.1) is 11.8 Å². The third-order valence-electron chi connectivity index (χ3n) is 13.0. The van der Waals surface area contributed by atoms with Gasteiger partial charge in [0.1, 0.15) is 18.7 Å². The van der Waals surface area contributed by atoms with E-state index in [-0.39, 0.29) is 36.1 Å². The van der Waals surface area contributed by atoms with Crippen LogP contribution in [-0.2, 0) is 18.8 Å². The second-order valence-electron chi connectivity index (χ2n) is 16.9. The maximum absolute atomic E-state index is 13.4. The van der Waals surface area contributed by atoms with Gasteiger partial charge in [-0.25, -0.2) is 14.8 Å². The van der Waals surface area contributed by atoms with E-state index in [1.165, 1.54) is 38.5 Å². The molecule has 0 N–H and O–H groups in total. The van der Waals surface area contributed by atoms with Gasteiger partial charge in [0, 0.05) is 69.8 Å². The lowest BCUT2D eigenvalue weighted by Crippen LogP contribution is -2.52. The monoisotopic (exact) mass is 806 g/mol. The molecule has 0 radical (unpaired) electrons. The van der Waals surface area contributed by atoms with Crippen molar-refractivity contribution in [3.63, 3.8) is 0 Å². The molecule has 0 aromatic carbocycles. The van der Waals surface area contributed by atoms with Gasteiger partial charge < -0.3 is 28.6 Å². The van der Waals surface area contributed by atoms with Gasteiger partial charge in [0.15, 0.2) is 8.32 Å². The zero-order valence-corrected chi connectivity index (χ0v) is 37.3. The van der Waals surface area contributed by atoms with Crippen molar-refractivity contribution in [3.05, 3.63) is 53.9 Å². The first-order chi connectivity index (χ1) is 27.6. The summed E-state index contributed by atoms with van der Waals surface area (Å²) in [7, 11) is -1.66. The maximum Gasteiger partial charge on any atom is 0.410 e. The molecule has 10 nitrogen and oxygen atoms in total. The van der Waals surface area contributed by atoms with Crippen LogP contribution in [-0.4, -0.2) is 104 Å². The zero-order chi connectivity index (χ0) is 41.0. The predicted molar refractivity (Wildman–Crippen MR) is 234 cm³/mol. The van der Waals surface area contributed by atoms with Crippen LogP contribution in [0.4, 0.5) is 10.7 Å². The van der Waals surface area contributed by atoms with Gasteiger partial charge in [0.05, 0.1) is 11.8 Å². The number of carbonyl (C=O) groups excluding carboxylic acids is 3. The molecule has 1 aliphatic carbocycles. The highest BCUT2D eigenvalue weighted by atomic mass is 28.4. The van der Waals surface area contributed by atoms with E-state index in [0.29, 0.717) is 32.0 Å². The number of unbranched alkanes of at least 4 members (excludes halogenated alkanes) is 3. The van der Waals surface area contributed by atoms with Crippen molar-refractivity contribution in [3.8, 4) is 0 Å². The number of piperazine rings is 1. The highest BCUT2D eigenvalue weighted by Crippen LogP contribution is 2.29. The van der Waals surface area contributed by atoms with Crippen LogP contribution in [0.1, 0.15) is 130 Å². The van der Waals surface area contributed by atoms with E-state index in [1.54, 1.807) is 0 Å². The molecular weight excluding hydrogens is 731 g/mol. The van der Waals surface area contributed by atoms with Gasteiger partial charge in [-0.3, -0.25) is 4.90 Å². The molecule has 4 rings (SSSR count). The summed E-state index contributed by atoms with van der Waals surface area (Å²) in [4.78, 5) is 52.9. The lowest BCUT2D eigenvalue weighted by atomic mass is 9.88. The summed E-state index contributed by atoms with van der Waals surface area (Å²) in [6, 6.07) is 6.10. The van der Waals surface area contributed by atoms with Gasteiger partial charge in [0.25, 0.3) is 0 Å². The Labute approximate surface area is 346 Å². The Morgan fingerprint density at radius 1 is 0.912 bits per heavy atom.